The van der Waals surface area contributed by atoms with Crippen molar-refractivity contribution in [3.8, 4) is 0 Å². The van der Waals surface area contributed by atoms with Gasteiger partial charge >= 0.3 is 0 Å². The van der Waals surface area contributed by atoms with Crippen molar-refractivity contribution in [2.45, 2.75) is 26.7 Å². The molecule has 1 aliphatic rings. The fraction of sp³-hybridized carbons (Fsp3) is 0.368. The highest BCUT2D eigenvalue weighted by molar-refractivity contribution is 9.10. The van der Waals surface area contributed by atoms with Crippen LogP contribution in [-0.4, -0.2) is 28.9 Å². The highest BCUT2D eigenvalue weighted by Gasteiger charge is 2.21. The van der Waals surface area contributed by atoms with Gasteiger partial charge < -0.3 is 10.2 Å². The molecule has 0 radical (unpaired) electrons. The number of rotatable bonds is 3. The van der Waals surface area contributed by atoms with E-state index in [1.807, 2.05) is 36.1 Å². The predicted molar refractivity (Wildman–Crippen MR) is 101 cm³/mol. The van der Waals surface area contributed by atoms with Crippen LogP contribution in [0.4, 0.5) is 11.5 Å². The number of anilines is 2. The molecule has 0 spiro atoms. The van der Waals surface area contributed by atoms with Crippen LogP contribution in [0.2, 0.25) is 0 Å². The number of nitrogens with one attached hydrogen (secondary N) is 1. The Balaban J connectivity index is 1.75. The molecule has 0 atom stereocenters. The molecule has 1 N–H and O–H groups in total. The Morgan fingerprint density at radius 2 is 2.00 bits per heavy atom. The number of aromatic nitrogens is 1. The lowest BCUT2D eigenvalue weighted by Crippen LogP contribution is -2.37. The van der Waals surface area contributed by atoms with Crippen molar-refractivity contribution in [2.24, 2.45) is 5.92 Å². The number of aryl methyl sites for hydroxylation is 1. The van der Waals surface area contributed by atoms with Crippen LogP contribution in [-0.2, 0) is 0 Å². The number of carbonyl (C=O) groups excluding carboxylic acids is 1. The zero-order valence-electron chi connectivity index (χ0n) is 14.1. The molecule has 2 aromatic rings. The molecule has 0 bridgehead atoms. The topological polar surface area (TPSA) is 45.2 Å². The van der Waals surface area contributed by atoms with Crippen LogP contribution in [0.5, 0.6) is 0 Å². The smallest absolute Gasteiger partial charge is 0.254 e. The number of benzene rings is 1. The summed E-state index contributed by atoms with van der Waals surface area (Å²) < 4.78 is 1.04. The summed E-state index contributed by atoms with van der Waals surface area (Å²) in [4.78, 5) is 19.0. The number of hydrogen-bond acceptors (Lipinski definition) is 3. The minimum atomic E-state index is 0.0971. The van der Waals surface area contributed by atoms with Gasteiger partial charge in [0.25, 0.3) is 5.91 Å². The molecule has 0 unspecified atom stereocenters. The van der Waals surface area contributed by atoms with E-state index in [4.69, 9.17) is 0 Å². The summed E-state index contributed by atoms with van der Waals surface area (Å²) in [5.41, 5.74) is 2.80. The molecular formula is C19H22BrN3O. The summed E-state index contributed by atoms with van der Waals surface area (Å²) in [6.45, 7) is 5.97. The molecule has 2 heterocycles. The lowest BCUT2D eigenvalue weighted by Gasteiger charge is -2.30. The normalized spacial score (nSPS) is 15.4. The van der Waals surface area contributed by atoms with Gasteiger partial charge in [0.2, 0.25) is 0 Å². The maximum absolute atomic E-state index is 12.7. The van der Waals surface area contributed by atoms with E-state index in [-0.39, 0.29) is 5.91 Å². The Kier molecular flexibility index (Phi) is 5.19. The van der Waals surface area contributed by atoms with Crippen molar-refractivity contribution in [1.29, 1.82) is 0 Å². The molecule has 5 heteroatoms. The third-order valence-electron chi connectivity index (χ3n) is 4.53. The van der Waals surface area contributed by atoms with E-state index in [0.717, 1.165) is 41.7 Å². The van der Waals surface area contributed by atoms with Crippen LogP contribution < -0.4 is 5.32 Å². The van der Waals surface area contributed by atoms with Crippen LogP contribution in [0.1, 0.15) is 35.7 Å². The van der Waals surface area contributed by atoms with Gasteiger partial charge in [0.1, 0.15) is 5.82 Å². The highest BCUT2D eigenvalue weighted by atomic mass is 79.9. The van der Waals surface area contributed by atoms with Gasteiger partial charge in [0.05, 0.1) is 0 Å². The summed E-state index contributed by atoms with van der Waals surface area (Å²) in [5.74, 6) is 1.50. The summed E-state index contributed by atoms with van der Waals surface area (Å²) >= 11 is 3.47. The van der Waals surface area contributed by atoms with Gasteiger partial charge in [-0.2, -0.15) is 0 Å². The van der Waals surface area contributed by atoms with Crippen LogP contribution in [0, 0.1) is 12.8 Å². The third-order valence-corrected chi connectivity index (χ3v) is 5.02. The predicted octanol–water partition coefficient (Wildman–Crippen LogP) is 4.77. The molecule has 1 aliphatic heterocycles. The van der Waals surface area contributed by atoms with Gasteiger partial charge in [-0.05, 0) is 61.6 Å². The molecule has 0 aliphatic carbocycles. The fourth-order valence-electron chi connectivity index (χ4n) is 2.93. The molecule has 1 aromatic heterocycles. The van der Waals surface area contributed by atoms with Crippen molar-refractivity contribution in [3.63, 3.8) is 0 Å². The lowest BCUT2D eigenvalue weighted by molar-refractivity contribution is 0.0697. The van der Waals surface area contributed by atoms with Gasteiger partial charge in [-0.15, -0.1) is 0 Å². The first-order valence-corrected chi connectivity index (χ1v) is 9.11. The number of likely N-dealkylation sites (tertiary alicyclic amines) is 1. The number of carbonyl (C=O) groups is 1. The first kappa shape index (κ1) is 17.0. The molecule has 24 heavy (non-hydrogen) atoms. The van der Waals surface area contributed by atoms with Crippen molar-refractivity contribution in [2.75, 3.05) is 18.4 Å². The van der Waals surface area contributed by atoms with Crippen molar-refractivity contribution in [3.05, 3.63) is 52.1 Å². The van der Waals surface area contributed by atoms with Crippen molar-refractivity contribution in [1.82, 2.24) is 9.88 Å². The zero-order chi connectivity index (χ0) is 17.1. The van der Waals surface area contributed by atoms with E-state index >= 15 is 0 Å². The second-order valence-corrected chi connectivity index (χ2v) is 7.40. The van der Waals surface area contributed by atoms with Crippen molar-refractivity contribution < 1.29 is 4.79 Å². The summed E-state index contributed by atoms with van der Waals surface area (Å²) in [7, 11) is 0. The van der Waals surface area contributed by atoms with E-state index in [9.17, 15) is 4.79 Å². The summed E-state index contributed by atoms with van der Waals surface area (Å²) in [6, 6.07) is 9.66. The molecular weight excluding hydrogens is 366 g/mol. The van der Waals surface area contributed by atoms with Crippen LogP contribution >= 0.6 is 15.9 Å². The standard InChI is InChI=1S/C19H22BrN3O/c1-13-6-9-23(10-7-13)19(24)15-5-8-21-18(12-15)22-17-4-3-16(20)11-14(17)2/h3-5,8,11-13H,6-7,9-10H2,1-2H3,(H,21,22). The average Bonchev–Trinajstić information content (AvgIpc) is 2.58. The maximum Gasteiger partial charge on any atom is 0.254 e. The molecule has 1 amide bonds. The zero-order valence-corrected chi connectivity index (χ0v) is 15.6. The Morgan fingerprint density at radius 3 is 2.71 bits per heavy atom. The molecule has 126 valence electrons. The first-order chi connectivity index (χ1) is 11.5. The SMILES string of the molecule is Cc1cc(Br)ccc1Nc1cc(C(=O)N2CCC(C)CC2)ccn1. The Labute approximate surface area is 151 Å². The van der Waals surface area contributed by atoms with E-state index in [0.29, 0.717) is 17.3 Å². The molecule has 1 aromatic carbocycles. The fourth-order valence-corrected chi connectivity index (χ4v) is 3.41. The van der Waals surface area contributed by atoms with Crippen LogP contribution in [0.3, 0.4) is 0 Å². The second-order valence-electron chi connectivity index (χ2n) is 6.49. The third kappa shape index (κ3) is 3.96. The highest BCUT2D eigenvalue weighted by Crippen LogP contribution is 2.24. The van der Waals surface area contributed by atoms with E-state index in [2.05, 4.69) is 33.2 Å². The molecule has 1 saturated heterocycles. The van der Waals surface area contributed by atoms with Gasteiger partial charge in [-0.25, -0.2) is 4.98 Å². The van der Waals surface area contributed by atoms with E-state index in [1.54, 1.807) is 12.3 Å². The van der Waals surface area contributed by atoms with E-state index < -0.39 is 0 Å². The van der Waals surface area contributed by atoms with Crippen LogP contribution in [0.15, 0.2) is 41.0 Å². The maximum atomic E-state index is 12.7. The summed E-state index contributed by atoms with van der Waals surface area (Å²) in [6.07, 6.45) is 3.86. The van der Waals surface area contributed by atoms with E-state index in [1.165, 1.54) is 0 Å². The van der Waals surface area contributed by atoms with Gasteiger partial charge in [-0.3, -0.25) is 4.79 Å². The number of nitrogens with zero attached hydrogens (tertiary/aromatic N) is 2. The average molecular weight is 388 g/mol. The summed E-state index contributed by atoms with van der Waals surface area (Å²) in [5, 5.41) is 3.30. The molecule has 1 fully saturated rings. The molecule has 3 rings (SSSR count). The number of pyridine rings is 1. The Hall–Kier alpha value is -1.88. The van der Waals surface area contributed by atoms with Crippen LogP contribution in [0.25, 0.3) is 0 Å². The largest absolute Gasteiger partial charge is 0.340 e. The minimum Gasteiger partial charge on any atom is -0.340 e. The lowest BCUT2D eigenvalue weighted by atomic mass is 9.99. The second kappa shape index (κ2) is 7.34. The Bertz CT molecular complexity index is 739. The number of halogens is 1. The number of hydrogen-bond donors (Lipinski definition) is 1. The Morgan fingerprint density at radius 1 is 1.25 bits per heavy atom. The minimum absolute atomic E-state index is 0.0971. The van der Waals surface area contributed by atoms with Crippen molar-refractivity contribution >= 4 is 33.3 Å². The first-order valence-electron chi connectivity index (χ1n) is 8.31. The number of piperidine rings is 1. The quantitative estimate of drug-likeness (QED) is 0.824. The van der Waals surface area contributed by atoms with Gasteiger partial charge in [0.15, 0.2) is 0 Å². The molecule has 0 saturated carbocycles. The molecule has 4 nitrogen and oxygen atoms in total. The number of amides is 1. The van der Waals surface area contributed by atoms with Gasteiger partial charge in [-0.1, -0.05) is 22.9 Å². The monoisotopic (exact) mass is 387 g/mol. The van der Waals surface area contributed by atoms with Gasteiger partial charge in [0, 0.05) is 35.0 Å².